The van der Waals surface area contributed by atoms with Crippen molar-refractivity contribution in [1.82, 2.24) is 10.2 Å². The predicted octanol–water partition coefficient (Wildman–Crippen LogP) is 2.05. The molecule has 1 N–H and O–H groups in total. The largest absolute Gasteiger partial charge is 0.337 e. The molecule has 1 amide bonds. The van der Waals surface area contributed by atoms with Crippen molar-refractivity contribution >= 4 is 21.8 Å². The topological polar surface area (TPSA) is 32.3 Å². The summed E-state index contributed by atoms with van der Waals surface area (Å²) >= 11 is 3.31. The number of amides is 1. The zero-order valence-corrected chi connectivity index (χ0v) is 11.3. The Hall–Kier alpha value is -1.13. The van der Waals surface area contributed by atoms with Gasteiger partial charge in [0.2, 0.25) is 5.91 Å². The van der Waals surface area contributed by atoms with Gasteiger partial charge in [-0.05, 0) is 18.2 Å². The lowest BCUT2D eigenvalue weighted by atomic mass is 10.3. The van der Waals surface area contributed by atoms with Gasteiger partial charge in [-0.1, -0.05) is 40.7 Å². The Morgan fingerprint density at radius 1 is 1.29 bits per heavy atom. The van der Waals surface area contributed by atoms with E-state index in [9.17, 15) is 4.79 Å². The summed E-state index contributed by atoms with van der Waals surface area (Å²) in [5, 5.41) is 3.17. The van der Waals surface area contributed by atoms with Gasteiger partial charge in [-0.3, -0.25) is 4.79 Å². The monoisotopic (exact) mass is 296 g/mol. The Bertz CT molecular complexity index is 348. The minimum Gasteiger partial charge on any atom is -0.337 e. The third-order valence-corrected chi connectivity index (χ3v) is 2.87. The number of carbonyl (C=O) groups is 1. The lowest BCUT2D eigenvalue weighted by molar-refractivity contribution is -0.126. The molecule has 1 aromatic carbocycles. The maximum absolute atomic E-state index is 10.9. The molecule has 0 spiro atoms. The fraction of sp³-hybridized carbons (Fsp3) is 0.308. The van der Waals surface area contributed by atoms with Crippen molar-refractivity contribution in [2.24, 2.45) is 0 Å². The van der Waals surface area contributed by atoms with Crippen molar-refractivity contribution in [3.8, 4) is 0 Å². The van der Waals surface area contributed by atoms with Crippen LogP contribution in [0.1, 0.15) is 0 Å². The number of nitrogens with zero attached hydrogens (tertiary/aromatic N) is 1. The van der Waals surface area contributed by atoms with Crippen LogP contribution in [-0.2, 0) is 4.79 Å². The van der Waals surface area contributed by atoms with Crippen LogP contribution < -0.4 is 5.32 Å². The molecule has 1 fully saturated rings. The van der Waals surface area contributed by atoms with E-state index in [4.69, 9.17) is 0 Å². The van der Waals surface area contributed by atoms with Crippen molar-refractivity contribution in [2.45, 2.75) is 0 Å². The quantitative estimate of drug-likeness (QED) is 0.805. The van der Waals surface area contributed by atoms with E-state index in [0.29, 0.717) is 0 Å². The van der Waals surface area contributed by atoms with Crippen LogP contribution in [0, 0.1) is 0 Å². The van der Waals surface area contributed by atoms with Gasteiger partial charge < -0.3 is 10.2 Å². The molecule has 0 unspecified atom stereocenters. The van der Waals surface area contributed by atoms with E-state index in [1.54, 1.807) is 4.90 Å². The number of piperazine rings is 1. The van der Waals surface area contributed by atoms with Gasteiger partial charge in [-0.15, -0.1) is 0 Å². The summed E-state index contributed by atoms with van der Waals surface area (Å²) in [7, 11) is 0. The molecule has 0 atom stereocenters. The molecule has 0 saturated carbocycles. The van der Waals surface area contributed by atoms with Crippen LogP contribution in [0.4, 0.5) is 0 Å². The van der Waals surface area contributed by atoms with Crippen LogP contribution in [-0.4, -0.2) is 37.0 Å². The van der Waals surface area contributed by atoms with Crippen LogP contribution >= 0.6 is 15.9 Å². The number of carbonyl (C=O) groups excluding carboxylic acids is 1. The van der Waals surface area contributed by atoms with E-state index in [0.717, 1.165) is 30.7 Å². The van der Waals surface area contributed by atoms with Gasteiger partial charge in [-0.2, -0.15) is 0 Å². The Balaban J connectivity index is 0.000000181. The van der Waals surface area contributed by atoms with Crippen molar-refractivity contribution in [2.75, 3.05) is 26.2 Å². The molecule has 1 aliphatic heterocycles. The van der Waals surface area contributed by atoms with Crippen molar-refractivity contribution in [1.29, 1.82) is 0 Å². The Morgan fingerprint density at radius 2 is 1.88 bits per heavy atom. The molecule has 0 aromatic heterocycles. The second-order valence-electron chi connectivity index (χ2n) is 3.57. The summed E-state index contributed by atoms with van der Waals surface area (Å²) in [5.74, 6) is 0.0431. The minimum absolute atomic E-state index is 0.0431. The van der Waals surface area contributed by atoms with E-state index in [1.165, 1.54) is 6.08 Å². The highest BCUT2D eigenvalue weighted by Gasteiger charge is 2.11. The summed E-state index contributed by atoms with van der Waals surface area (Å²) in [6.07, 6.45) is 1.37. The van der Waals surface area contributed by atoms with E-state index in [2.05, 4.69) is 27.8 Å². The molecule has 2 rings (SSSR count). The molecular weight excluding hydrogens is 280 g/mol. The van der Waals surface area contributed by atoms with Gasteiger partial charge in [0, 0.05) is 30.7 Å². The van der Waals surface area contributed by atoms with Crippen molar-refractivity contribution in [3.05, 3.63) is 47.5 Å². The summed E-state index contributed by atoms with van der Waals surface area (Å²) in [6.45, 7) is 6.85. The van der Waals surface area contributed by atoms with E-state index >= 15 is 0 Å². The molecule has 1 aliphatic rings. The van der Waals surface area contributed by atoms with E-state index in [-0.39, 0.29) is 5.91 Å². The molecule has 1 saturated heterocycles. The molecule has 17 heavy (non-hydrogen) atoms. The summed E-state index contributed by atoms with van der Waals surface area (Å²) < 4.78 is 1.13. The Morgan fingerprint density at radius 3 is 2.29 bits per heavy atom. The first-order valence-electron chi connectivity index (χ1n) is 5.56. The normalized spacial score (nSPS) is 14.5. The molecular formula is C13H17BrN2O. The van der Waals surface area contributed by atoms with Crippen molar-refractivity contribution in [3.63, 3.8) is 0 Å². The number of nitrogens with one attached hydrogen (secondary N) is 1. The van der Waals surface area contributed by atoms with Crippen LogP contribution in [0.25, 0.3) is 0 Å². The average molecular weight is 297 g/mol. The van der Waals surface area contributed by atoms with Gasteiger partial charge in [-0.25, -0.2) is 0 Å². The lowest BCUT2D eigenvalue weighted by Crippen LogP contribution is -2.45. The first-order valence-corrected chi connectivity index (χ1v) is 6.36. The molecule has 0 radical (unpaired) electrons. The first kappa shape index (κ1) is 13.9. The van der Waals surface area contributed by atoms with Crippen LogP contribution in [0.15, 0.2) is 47.5 Å². The third-order valence-electron chi connectivity index (χ3n) is 2.34. The zero-order chi connectivity index (χ0) is 12.5. The van der Waals surface area contributed by atoms with Gasteiger partial charge in [0.1, 0.15) is 0 Å². The fourth-order valence-corrected chi connectivity index (χ4v) is 1.73. The summed E-state index contributed by atoms with van der Waals surface area (Å²) in [6, 6.07) is 9.97. The highest BCUT2D eigenvalue weighted by molar-refractivity contribution is 9.10. The second-order valence-corrected chi connectivity index (χ2v) is 4.49. The smallest absolute Gasteiger partial charge is 0.246 e. The highest BCUT2D eigenvalue weighted by Crippen LogP contribution is 2.05. The average Bonchev–Trinajstić information content (AvgIpc) is 2.40. The number of hydrogen-bond acceptors (Lipinski definition) is 2. The molecule has 0 aliphatic carbocycles. The highest BCUT2D eigenvalue weighted by atomic mass is 79.9. The molecule has 3 nitrogen and oxygen atoms in total. The van der Waals surface area contributed by atoms with Crippen LogP contribution in [0.2, 0.25) is 0 Å². The predicted molar refractivity (Wildman–Crippen MR) is 73.8 cm³/mol. The minimum atomic E-state index is 0.0431. The van der Waals surface area contributed by atoms with Crippen LogP contribution in [0.5, 0.6) is 0 Å². The fourth-order valence-electron chi connectivity index (χ4n) is 1.43. The van der Waals surface area contributed by atoms with Gasteiger partial charge >= 0.3 is 0 Å². The first-order chi connectivity index (χ1) is 8.24. The van der Waals surface area contributed by atoms with Gasteiger partial charge in [0.25, 0.3) is 0 Å². The number of benzene rings is 1. The SMILES string of the molecule is Brc1ccccc1.C=CC(=O)N1CCNCC1. The molecule has 1 heterocycles. The van der Waals surface area contributed by atoms with E-state index in [1.807, 2.05) is 30.3 Å². The zero-order valence-electron chi connectivity index (χ0n) is 9.73. The molecule has 1 aromatic rings. The Kier molecular flexibility index (Phi) is 6.58. The maximum Gasteiger partial charge on any atom is 0.246 e. The number of rotatable bonds is 1. The van der Waals surface area contributed by atoms with Gasteiger partial charge in [0.15, 0.2) is 0 Å². The molecule has 4 heteroatoms. The lowest BCUT2D eigenvalue weighted by Gasteiger charge is -2.25. The van der Waals surface area contributed by atoms with Crippen molar-refractivity contribution < 1.29 is 4.79 Å². The van der Waals surface area contributed by atoms with Crippen LogP contribution in [0.3, 0.4) is 0 Å². The third kappa shape index (κ3) is 5.65. The molecule has 92 valence electrons. The second kappa shape index (κ2) is 8.03. The van der Waals surface area contributed by atoms with Gasteiger partial charge in [0.05, 0.1) is 0 Å². The standard InChI is InChI=1S/C7H12N2O.C6H5Br/c1-2-7(10)9-5-3-8-4-6-9;7-6-4-2-1-3-5-6/h2,8H,1,3-6H2;1-5H. The maximum atomic E-state index is 10.9. The molecule has 0 bridgehead atoms. The van der Waals surface area contributed by atoms with E-state index < -0.39 is 0 Å². The Labute approximate surface area is 111 Å². The number of hydrogen-bond donors (Lipinski definition) is 1. The number of halogens is 1. The summed E-state index contributed by atoms with van der Waals surface area (Å²) in [4.78, 5) is 12.7. The summed E-state index contributed by atoms with van der Waals surface area (Å²) in [5.41, 5.74) is 0.